The lowest BCUT2D eigenvalue weighted by Gasteiger charge is -2.21. The van der Waals surface area contributed by atoms with Crippen LogP contribution in [0.2, 0.25) is 0 Å². The lowest BCUT2D eigenvalue weighted by Crippen LogP contribution is -2.15. The maximum Gasteiger partial charge on any atom is 0.235 e. The molecule has 10 aromatic carbocycles. The van der Waals surface area contributed by atoms with Crippen LogP contribution >= 0.6 is 0 Å². The van der Waals surface area contributed by atoms with Gasteiger partial charge in [-0.25, -0.2) is 9.97 Å². The molecule has 1 aliphatic rings. The van der Waals surface area contributed by atoms with Crippen molar-refractivity contribution in [3.8, 4) is 67.5 Å². The molecule has 0 aliphatic heterocycles. The van der Waals surface area contributed by atoms with Gasteiger partial charge in [0, 0.05) is 54.5 Å². The van der Waals surface area contributed by atoms with E-state index in [0.29, 0.717) is 5.95 Å². The SMILES string of the molecule is CC1(C)c2ccccc2-c2cc3c4cc(-c5ccc6oc7cccc(-c8ccc9c(c8)c8ccccc8n9-c8ccccc8)c7c6c5)ccc4n(-c4nc(-c5ccccc5)cc(-c5ccccc5)n4)c3cc21. The van der Waals surface area contributed by atoms with Gasteiger partial charge in [0.1, 0.15) is 11.2 Å². The summed E-state index contributed by atoms with van der Waals surface area (Å²) in [5.74, 6) is 0.637. The Morgan fingerprint density at radius 3 is 1.68 bits per heavy atom. The van der Waals surface area contributed by atoms with Gasteiger partial charge in [0.15, 0.2) is 0 Å². The molecule has 0 saturated heterocycles. The minimum absolute atomic E-state index is 0.192. The summed E-state index contributed by atoms with van der Waals surface area (Å²) in [5.41, 5.74) is 20.8. The molecule has 5 heteroatoms. The highest BCUT2D eigenvalue weighted by molar-refractivity contribution is 6.17. The van der Waals surface area contributed by atoms with E-state index in [1.807, 2.05) is 12.1 Å². The molecule has 4 heterocycles. The van der Waals surface area contributed by atoms with Gasteiger partial charge in [0.2, 0.25) is 5.95 Å². The molecule has 0 atom stereocenters. The first-order chi connectivity index (χ1) is 35.4. The Bertz CT molecular complexity index is 4460. The number of para-hydroxylation sites is 2. The smallest absolute Gasteiger partial charge is 0.235 e. The molecule has 4 aromatic heterocycles. The molecule has 1 aliphatic carbocycles. The van der Waals surface area contributed by atoms with E-state index in [9.17, 15) is 0 Å². The van der Waals surface area contributed by atoms with Gasteiger partial charge in [-0.2, -0.15) is 0 Å². The summed E-state index contributed by atoms with van der Waals surface area (Å²) < 4.78 is 11.3. The number of rotatable bonds is 6. The average Bonchev–Trinajstić information content (AvgIpc) is 4.15. The molecule has 0 unspecified atom stereocenters. The monoisotopic (exact) mass is 920 g/mol. The predicted molar refractivity (Wildman–Crippen MR) is 297 cm³/mol. The molecule has 0 radical (unpaired) electrons. The summed E-state index contributed by atoms with van der Waals surface area (Å²) in [6.07, 6.45) is 0. The van der Waals surface area contributed by atoms with Gasteiger partial charge in [-0.1, -0.05) is 166 Å². The van der Waals surface area contributed by atoms with Gasteiger partial charge < -0.3 is 8.98 Å². The maximum atomic E-state index is 6.66. The maximum absolute atomic E-state index is 6.66. The van der Waals surface area contributed by atoms with Crippen LogP contribution in [0, 0.1) is 0 Å². The third kappa shape index (κ3) is 6.01. The van der Waals surface area contributed by atoms with Crippen molar-refractivity contribution < 1.29 is 4.42 Å². The Kier molecular flexibility index (Phi) is 8.64. The molecular formula is C67H44N4O. The van der Waals surface area contributed by atoms with Crippen molar-refractivity contribution in [3.05, 3.63) is 242 Å². The van der Waals surface area contributed by atoms with Crippen molar-refractivity contribution >= 4 is 65.6 Å². The van der Waals surface area contributed by atoms with E-state index in [0.717, 1.165) is 94.2 Å². The van der Waals surface area contributed by atoms with Crippen LogP contribution in [0.5, 0.6) is 0 Å². The third-order valence-corrected chi connectivity index (χ3v) is 15.3. The van der Waals surface area contributed by atoms with Crippen LogP contribution in [0.3, 0.4) is 0 Å². The minimum Gasteiger partial charge on any atom is -0.456 e. The number of hydrogen-bond acceptors (Lipinski definition) is 3. The number of furan rings is 1. The molecule has 0 bridgehead atoms. The molecule has 0 N–H and O–H groups in total. The molecule has 15 rings (SSSR count). The highest BCUT2D eigenvalue weighted by Gasteiger charge is 2.36. The first-order valence-electron chi connectivity index (χ1n) is 24.7. The highest BCUT2D eigenvalue weighted by atomic mass is 16.3. The van der Waals surface area contributed by atoms with Crippen molar-refractivity contribution in [2.75, 3.05) is 0 Å². The molecule has 14 aromatic rings. The van der Waals surface area contributed by atoms with Crippen LogP contribution in [-0.2, 0) is 5.41 Å². The van der Waals surface area contributed by atoms with E-state index < -0.39 is 0 Å². The molecule has 5 nitrogen and oxygen atoms in total. The van der Waals surface area contributed by atoms with E-state index in [2.05, 4.69) is 241 Å². The van der Waals surface area contributed by atoms with Crippen LogP contribution in [0.4, 0.5) is 0 Å². The summed E-state index contributed by atoms with van der Waals surface area (Å²) >= 11 is 0. The fraction of sp³-hybridized carbons (Fsp3) is 0.0448. The van der Waals surface area contributed by atoms with E-state index in [-0.39, 0.29) is 5.41 Å². The van der Waals surface area contributed by atoms with Gasteiger partial charge in [-0.05, 0) is 123 Å². The Morgan fingerprint density at radius 1 is 0.347 bits per heavy atom. The predicted octanol–water partition coefficient (Wildman–Crippen LogP) is 17.5. The van der Waals surface area contributed by atoms with Gasteiger partial charge in [-0.3, -0.25) is 4.57 Å². The zero-order valence-corrected chi connectivity index (χ0v) is 39.6. The normalized spacial score (nSPS) is 13.0. The average molecular weight is 921 g/mol. The number of hydrogen-bond donors (Lipinski definition) is 0. The van der Waals surface area contributed by atoms with Crippen molar-refractivity contribution in [2.24, 2.45) is 0 Å². The Balaban J connectivity index is 0.933. The Morgan fingerprint density at radius 2 is 0.917 bits per heavy atom. The molecular weight excluding hydrogens is 877 g/mol. The van der Waals surface area contributed by atoms with Crippen molar-refractivity contribution in [1.82, 2.24) is 19.1 Å². The zero-order valence-electron chi connectivity index (χ0n) is 39.6. The van der Waals surface area contributed by atoms with E-state index in [1.54, 1.807) is 0 Å². The minimum atomic E-state index is -0.192. The Hall–Kier alpha value is -9.32. The molecule has 338 valence electrons. The highest BCUT2D eigenvalue weighted by Crippen LogP contribution is 2.51. The van der Waals surface area contributed by atoms with Crippen LogP contribution in [0.25, 0.3) is 133 Å². The number of nitrogens with zero attached hydrogens (tertiary/aromatic N) is 4. The van der Waals surface area contributed by atoms with Crippen LogP contribution < -0.4 is 0 Å². The largest absolute Gasteiger partial charge is 0.456 e. The lowest BCUT2D eigenvalue weighted by molar-refractivity contribution is 0.661. The quantitative estimate of drug-likeness (QED) is 0.167. The Labute approximate surface area is 415 Å². The van der Waals surface area contributed by atoms with Crippen molar-refractivity contribution in [3.63, 3.8) is 0 Å². The van der Waals surface area contributed by atoms with Crippen LogP contribution in [-0.4, -0.2) is 19.1 Å². The van der Waals surface area contributed by atoms with E-state index in [4.69, 9.17) is 14.4 Å². The fourth-order valence-corrected chi connectivity index (χ4v) is 11.9. The summed E-state index contributed by atoms with van der Waals surface area (Å²) in [5, 5.41) is 6.95. The van der Waals surface area contributed by atoms with Gasteiger partial charge >= 0.3 is 0 Å². The fourth-order valence-electron chi connectivity index (χ4n) is 11.9. The molecule has 0 saturated carbocycles. The second-order valence-electron chi connectivity index (χ2n) is 19.7. The third-order valence-electron chi connectivity index (χ3n) is 15.3. The van der Waals surface area contributed by atoms with Gasteiger partial charge in [-0.15, -0.1) is 0 Å². The second kappa shape index (κ2) is 15.3. The number of aromatic nitrogens is 4. The lowest BCUT2D eigenvalue weighted by atomic mass is 9.82. The summed E-state index contributed by atoms with van der Waals surface area (Å²) in [7, 11) is 0. The van der Waals surface area contributed by atoms with E-state index in [1.165, 1.54) is 44.1 Å². The summed E-state index contributed by atoms with van der Waals surface area (Å²) in [6, 6.07) is 82.9. The molecule has 0 spiro atoms. The topological polar surface area (TPSA) is 48.8 Å². The van der Waals surface area contributed by atoms with Crippen LogP contribution in [0.15, 0.2) is 235 Å². The summed E-state index contributed by atoms with van der Waals surface area (Å²) in [6.45, 7) is 4.69. The van der Waals surface area contributed by atoms with Crippen molar-refractivity contribution in [2.45, 2.75) is 19.3 Å². The van der Waals surface area contributed by atoms with Crippen LogP contribution in [0.1, 0.15) is 25.0 Å². The first-order valence-corrected chi connectivity index (χ1v) is 24.7. The standard InChI is InChI=1S/C67H44N4O/c1-67(2)55-26-14-12-23-48(55)50-38-53-52-35-43(29-32-61(52)71(62(53)39-56(50)67)66-68-57(41-17-6-3-7-18-41)40-58(69-66)42-19-8-4-9-20-42)44-31-34-63-54(36-44)65-47(25-16-28-64(65)72-63)45-30-33-60-51(37-45)49-24-13-15-27-59(49)70(60)46-21-10-5-11-22-46/h3-40H,1-2H3. The first kappa shape index (κ1) is 40.6. The second-order valence-corrected chi connectivity index (χ2v) is 19.7. The van der Waals surface area contributed by atoms with E-state index >= 15 is 0 Å². The van der Waals surface area contributed by atoms with Gasteiger partial charge in [0.05, 0.1) is 33.5 Å². The van der Waals surface area contributed by atoms with Crippen molar-refractivity contribution in [1.29, 1.82) is 0 Å². The molecule has 0 fully saturated rings. The molecule has 0 amide bonds. The zero-order chi connectivity index (χ0) is 47.7. The molecule has 72 heavy (non-hydrogen) atoms. The number of benzene rings is 10. The number of fused-ring (bicyclic) bond motifs is 12. The van der Waals surface area contributed by atoms with Gasteiger partial charge in [0.25, 0.3) is 0 Å². The summed E-state index contributed by atoms with van der Waals surface area (Å²) in [4.78, 5) is 10.8.